The van der Waals surface area contributed by atoms with Gasteiger partial charge < -0.3 is 9.84 Å². The van der Waals surface area contributed by atoms with Crippen LogP contribution in [-0.4, -0.2) is 16.7 Å². The molecule has 0 atom stereocenters. The highest BCUT2D eigenvalue weighted by atomic mass is 79.9. The maximum atomic E-state index is 5.21. The van der Waals surface area contributed by atoms with E-state index in [0.717, 1.165) is 21.2 Å². The minimum absolute atomic E-state index is 0.549. The SMILES string of the molecule is C=CCNCc1nc(-c2cc(C)c(Br)c(C)c2)no1. The zero-order chi connectivity index (χ0) is 13.8. The molecule has 0 radical (unpaired) electrons. The van der Waals surface area contributed by atoms with Gasteiger partial charge in [0.1, 0.15) is 0 Å². The van der Waals surface area contributed by atoms with Gasteiger partial charge in [-0.05, 0) is 37.1 Å². The van der Waals surface area contributed by atoms with Crippen LogP contribution in [0.4, 0.5) is 0 Å². The molecule has 0 spiro atoms. The molecule has 0 aliphatic carbocycles. The van der Waals surface area contributed by atoms with Gasteiger partial charge in [0.2, 0.25) is 11.7 Å². The van der Waals surface area contributed by atoms with Gasteiger partial charge in [0, 0.05) is 16.6 Å². The Bertz CT molecular complexity index is 569. The summed E-state index contributed by atoms with van der Waals surface area (Å²) in [6, 6.07) is 4.09. The van der Waals surface area contributed by atoms with Crippen molar-refractivity contribution < 1.29 is 4.52 Å². The summed E-state index contributed by atoms with van der Waals surface area (Å²) >= 11 is 3.55. The predicted molar refractivity (Wildman–Crippen MR) is 78.8 cm³/mol. The minimum atomic E-state index is 0.549. The number of hydrogen-bond acceptors (Lipinski definition) is 4. The lowest BCUT2D eigenvalue weighted by Gasteiger charge is -2.04. The fourth-order valence-corrected chi connectivity index (χ4v) is 2.03. The first-order valence-corrected chi connectivity index (χ1v) is 6.82. The van der Waals surface area contributed by atoms with Crippen LogP contribution < -0.4 is 5.32 Å². The van der Waals surface area contributed by atoms with E-state index in [9.17, 15) is 0 Å². The maximum absolute atomic E-state index is 5.21. The number of aromatic nitrogens is 2. The largest absolute Gasteiger partial charge is 0.338 e. The molecule has 19 heavy (non-hydrogen) atoms. The second kappa shape index (κ2) is 6.12. The second-order valence-corrected chi connectivity index (χ2v) is 5.15. The lowest BCUT2D eigenvalue weighted by molar-refractivity contribution is 0.370. The molecule has 5 heteroatoms. The number of rotatable bonds is 5. The van der Waals surface area contributed by atoms with Crippen molar-refractivity contribution in [1.82, 2.24) is 15.5 Å². The summed E-state index contributed by atoms with van der Waals surface area (Å²) in [5, 5.41) is 7.14. The summed E-state index contributed by atoms with van der Waals surface area (Å²) < 4.78 is 6.32. The van der Waals surface area contributed by atoms with E-state index >= 15 is 0 Å². The van der Waals surface area contributed by atoms with Crippen LogP contribution in [0.1, 0.15) is 17.0 Å². The first-order valence-electron chi connectivity index (χ1n) is 6.03. The van der Waals surface area contributed by atoms with E-state index in [4.69, 9.17) is 4.52 Å². The molecule has 1 aromatic carbocycles. The maximum Gasteiger partial charge on any atom is 0.240 e. The molecule has 0 unspecified atom stereocenters. The molecule has 0 aliphatic heterocycles. The number of halogens is 1. The normalized spacial score (nSPS) is 10.7. The van der Waals surface area contributed by atoms with Crippen LogP contribution >= 0.6 is 15.9 Å². The van der Waals surface area contributed by atoms with E-state index in [2.05, 4.69) is 38.0 Å². The molecule has 1 aromatic heterocycles. The van der Waals surface area contributed by atoms with Gasteiger partial charge in [0.05, 0.1) is 6.54 Å². The van der Waals surface area contributed by atoms with E-state index in [-0.39, 0.29) is 0 Å². The Kier molecular flexibility index (Phi) is 4.50. The fourth-order valence-electron chi connectivity index (χ4n) is 1.80. The zero-order valence-corrected chi connectivity index (χ0v) is 12.6. The smallest absolute Gasteiger partial charge is 0.240 e. The summed E-state index contributed by atoms with van der Waals surface area (Å²) in [5.41, 5.74) is 3.29. The Balaban J connectivity index is 2.20. The van der Waals surface area contributed by atoms with Crippen molar-refractivity contribution in [2.75, 3.05) is 6.54 Å². The van der Waals surface area contributed by atoms with Gasteiger partial charge in [0.25, 0.3) is 0 Å². The number of nitrogens with one attached hydrogen (secondary N) is 1. The molecule has 0 saturated carbocycles. The zero-order valence-electron chi connectivity index (χ0n) is 11.0. The van der Waals surface area contributed by atoms with E-state index in [0.29, 0.717) is 24.8 Å². The Morgan fingerprint density at radius 1 is 1.37 bits per heavy atom. The number of nitrogens with zero attached hydrogens (tertiary/aromatic N) is 2. The van der Waals surface area contributed by atoms with E-state index in [1.54, 1.807) is 6.08 Å². The lowest BCUT2D eigenvalue weighted by atomic mass is 10.1. The molecule has 1 N–H and O–H groups in total. The first-order chi connectivity index (χ1) is 9.11. The number of benzene rings is 1. The molecule has 2 rings (SSSR count). The van der Waals surface area contributed by atoms with Crippen molar-refractivity contribution in [3.8, 4) is 11.4 Å². The van der Waals surface area contributed by atoms with Gasteiger partial charge >= 0.3 is 0 Å². The Morgan fingerprint density at radius 2 is 2.05 bits per heavy atom. The average Bonchev–Trinajstić information content (AvgIpc) is 2.84. The quantitative estimate of drug-likeness (QED) is 0.677. The van der Waals surface area contributed by atoms with Crippen molar-refractivity contribution in [3.63, 3.8) is 0 Å². The third-order valence-corrected chi connectivity index (χ3v) is 3.98. The third kappa shape index (κ3) is 3.30. The van der Waals surface area contributed by atoms with Gasteiger partial charge in [-0.25, -0.2) is 0 Å². The fraction of sp³-hybridized carbons (Fsp3) is 0.286. The van der Waals surface area contributed by atoms with Crippen molar-refractivity contribution >= 4 is 15.9 Å². The van der Waals surface area contributed by atoms with Crippen molar-refractivity contribution in [1.29, 1.82) is 0 Å². The Morgan fingerprint density at radius 3 is 2.68 bits per heavy atom. The van der Waals surface area contributed by atoms with Crippen LogP contribution in [-0.2, 0) is 6.54 Å². The molecule has 0 fully saturated rings. The Labute approximate surface area is 121 Å². The number of aryl methyl sites for hydroxylation is 2. The molecular formula is C14H16BrN3O. The van der Waals surface area contributed by atoms with Crippen LogP contribution in [0.3, 0.4) is 0 Å². The highest BCUT2D eigenvalue weighted by Gasteiger charge is 2.10. The van der Waals surface area contributed by atoms with E-state index < -0.39 is 0 Å². The summed E-state index contributed by atoms with van der Waals surface area (Å²) in [5.74, 6) is 1.20. The van der Waals surface area contributed by atoms with Gasteiger partial charge in [-0.2, -0.15) is 4.98 Å². The van der Waals surface area contributed by atoms with E-state index in [1.165, 1.54) is 0 Å². The molecule has 4 nitrogen and oxygen atoms in total. The first kappa shape index (κ1) is 14.0. The van der Waals surface area contributed by atoms with Crippen LogP contribution in [0.25, 0.3) is 11.4 Å². The van der Waals surface area contributed by atoms with Crippen molar-refractivity contribution in [2.45, 2.75) is 20.4 Å². The second-order valence-electron chi connectivity index (χ2n) is 4.36. The monoisotopic (exact) mass is 321 g/mol. The van der Waals surface area contributed by atoms with Crippen molar-refractivity contribution in [2.24, 2.45) is 0 Å². The molecular weight excluding hydrogens is 306 g/mol. The van der Waals surface area contributed by atoms with Crippen LogP contribution in [0.2, 0.25) is 0 Å². The minimum Gasteiger partial charge on any atom is -0.338 e. The Hall–Kier alpha value is -1.46. The van der Waals surface area contributed by atoms with Gasteiger partial charge in [-0.3, -0.25) is 0 Å². The molecule has 0 aliphatic rings. The number of hydrogen-bond donors (Lipinski definition) is 1. The highest BCUT2D eigenvalue weighted by Crippen LogP contribution is 2.27. The standard InChI is InChI=1S/C14H16BrN3O/c1-4-5-16-8-12-17-14(18-19-12)11-6-9(2)13(15)10(3)7-11/h4,6-7,16H,1,5,8H2,2-3H3. The summed E-state index contributed by atoms with van der Waals surface area (Å²) in [7, 11) is 0. The predicted octanol–water partition coefficient (Wildman–Crippen LogP) is 3.39. The van der Waals surface area contributed by atoms with Gasteiger partial charge in [-0.1, -0.05) is 27.2 Å². The molecule has 0 amide bonds. The van der Waals surface area contributed by atoms with Gasteiger partial charge in [0.15, 0.2) is 0 Å². The molecule has 0 saturated heterocycles. The highest BCUT2D eigenvalue weighted by molar-refractivity contribution is 9.10. The molecule has 100 valence electrons. The van der Waals surface area contributed by atoms with Crippen molar-refractivity contribution in [3.05, 3.63) is 46.3 Å². The average molecular weight is 322 g/mol. The topological polar surface area (TPSA) is 51.0 Å². The molecule has 0 bridgehead atoms. The third-order valence-electron chi connectivity index (χ3n) is 2.73. The van der Waals surface area contributed by atoms with Gasteiger partial charge in [-0.15, -0.1) is 6.58 Å². The van der Waals surface area contributed by atoms with Crippen LogP contribution in [0, 0.1) is 13.8 Å². The van der Waals surface area contributed by atoms with Crippen LogP contribution in [0.15, 0.2) is 33.8 Å². The van der Waals surface area contributed by atoms with E-state index in [1.807, 2.05) is 26.0 Å². The lowest BCUT2D eigenvalue weighted by Crippen LogP contribution is -2.12. The van der Waals surface area contributed by atoms with Crippen LogP contribution in [0.5, 0.6) is 0 Å². The summed E-state index contributed by atoms with van der Waals surface area (Å²) in [4.78, 5) is 4.37. The summed E-state index contributed by atoms with van der Waals surface area (Å²) in [6.07, 6.45) is 1.79. The summed E-state index contributed by atoms with van der Waals surface area (Å²) in [6.45, 7) is 9.00. The molecule has 2 aromatic rings. The molecule has 1 heterocycles.